The van der Waals surface area contributed by atoms with Crippen LogP contribution >= 0.6 is 0 Å². The molecule has 0 amide bonds. The van der Waals surface area contributed by atoms with Crippen LogP contribution in [0.15, 0.2) is 0 Å². The van der Waals surface area contributed by atoms with Crippen LogP contribution in [0.4, 0.5) is 0 Å². The zero-order chi connectivity index (χ0) is 9.68. The highest BCUT2D eigenvalue weighted by Gasteiger charge is 2.28. The van der Waals surface area contributed by atoms with Gasteiger partial charge in [0, 0.05) is 20.2 Å². The molecule has 1 saturated heterocycles. The van der Waals surface area contributed by atoms with E-state index in [1.54, 1.807) is 14.0 Å². The molecule has 13 heavy (non-hydrogen) atoms. The molecule has 1 aliphatic rings. The number of methoxy groups -OCH3 is 1. The Balaban J connectivity index is 2.37. The molecule has 76 valence electrons. The molecule has 1 heterocycles. The van der Waals surface area contributed by atoms with E-state index >= 15 is 0 Å². The van der Waals surface area contributed by atoms with Crippen LogP contribution in [0.2, 0.25) is 0 Å². The molecule has 2 atom stereocenters. The van der Waals surface area contributed by atoms with E-state index < -0.39 is 6.10 Å². The van der Waals surface area contributed by atoms with Gasteiger partial charge in [0.2, 0.25) is 0 Å². The van der Waals surface area contributed by atoms with Gasteiger partial charge in [0.25, 0.3) is 0 Å². The number of carbonyl (C=O) groups is 1. The zero-order valence-electron chi connectivity index (χ0n) is 7.91. The lowest BCUT2D eigenvalue weighted by molar-refractivity contribution is -0.194. The molecule has 1 fully saturated rings. The van der Waals surface area contributed by atoms with Gasteiger partial charge >= 0.3 is 5.97 Å². The largest absolute Gasteiger partial charge is 0.464 e. The Morgan fingerprint density at radius 2 is 2.38 bits per heavy atom. The second kappa shape index (κ2) is 5.16. The Bertz CT molecular complexity index is 174. The van der Waals surface area contributed by atoms with Gasteiger partial charge in [-0.25, -0.2) is 4.79 Å². The van der Waals surface area contributed by atoms with Crippen molar-refractivity contribution >= 4 is 5.97 Å². The Kier molecular flexibility index (Phi) is 4.14. The van der Waals surface area contributed by atoms with E-state index in [0.29, 0.717) is 19.7 Å². The van der Waals surface area contributed by atoms with Gasteiger partial charge < -0.3 is 19.5 Å². The van der Waals surface area contributed by atoms with Crippen molar-refractivity contribution in [3.63, 3.8) is 0 Å². The highest BCUT2D eigenvalue weighted by atomic mass is 16.7. The molecular formula is C8H15NO4. The van der Waals surface area contributed by atoms with Crippen molar-refractivity contribution in [2.75, 3.05) is 26.8 Å². The Morgan fingerprint density at radius 3 is 3.00 bits per heavy atom. The molecule has 0 spiro atoms. The van der Waals surface area contributed by atoms with Crippen LogP contribution in [0, 0.1) is 0 Å². The van der Waals surface area contributed by atoms with Crippen LogP contribution in [-0.4, -0.2) is 45.2 Å². The fourth-order valence-electron chi connectivity index (χ4n) is 1.12. The topological polar surface area (TPSA) is 56.8 Å². The summed E-state index contributed by atoms with van der Waals surface area (Å²) in [5.74, 6) is -0.336. The third-order valence-corrected chi connectivity index (χ3v) is 1.77. The van der Waals surface area contributed by atoms with Gasteiger partial charge in [-0.3, -0.25) is 0 Å². The summed E-state index contributed by atoms with van der Waals surface area (Å²) in [4.78, 5) is 11.2. The van der Waals surface area contributed by atoms with E-state index in [4.69, 9.17) is 14.2 Å². The first-order valence-corrected chi connectivity index (χ1v) is 4.33. The molecule has 0 aliphatic carbocycles. The first-order valence-electron chi connectivity index (χ1n) is 4.33. The van der Waals surface area contributed by atoms with E-state index in [-0.39, 0.29) is 12.3 Å². The minimum atomic E-state index is -0.543. The maximum Gasteiger partial charge on any atom is 0.336 e. The number of nitrogens with one attached hydrogen (secondary N) is 1. The summed E-state index contributed by atoms with van der Waals surface area (Å²) in [5, 5.41) is 3.02. The number of rotatable bonds is 3. The van der Waals surface area contributed by atoms with Crippen molar-refractivity contribution in [3.05, 3.63) is 0 Å². The van der Waals surface area contributed by atoms with E-state index in [2.05, 4.69) is 5.32 Å². The van der Waals surface area contributed by atoms with Crippen LogP contribution in [0.5, 0.6) is 0 Å². The molecule has 1 aliphatic heterocycles. The zero-order valence-corrected chi connectivity index (χ0v) is 7.91. The molecule has 1 N–H and O–H groups in total. The van der Waals surface area contributed by atoms with Crippen LogP contribution in [0.25, 0.3) is 0 Å². The molecule has 5 heteroatoms. The van der Waals surface area contributed by atoms with Gasteiger partial charge in [-0.05, 0) is 6.92 Å². The monoisotopic (exact) mass is 189 g/mol. The Hall–Kier alpha value is -0.650. The third kappa shape index (κ3) is 2.95. The van der Waals surface area contributed by atoms with E-state index in [0.717, 1.165) is 0 Å². The quantitative estimate of drug-likeness (QED) is 0.607. The van der Waals surface area contributed by atoms with Crippen molar-refractivity contribution < 1.29 is 19.0 Å². The molecule has 0 saturated carbocycles. The number of hydrogen-bond donors (Lipinski definition) is 1. The maximum absolute atomic E-state index is 11.2. The summed E-state index contributed by atoms with van der Waals surface area (Å²) in [6.45, 7) is 3.23. The predicted molar refractivity (Wildman–Crippen MR) is 45.2 cm³/mol. The Labute approximate surface area is 77.3 Å². The molecule has 0 aromatic carbocycles. The summed E-state index contributed by atoms with van der Waals surface area (Å²) in [6.07, 6.45) is -0.901. The van der Waals surface area contributed by atoms with Crippen molar-refractivity contribution in [2.45, 2.75) is 19.3 Å². The van der Waals surface area contributed by atoms with Crippen molar-refractivity contribution in [1.29, 1.82) is 0 Å². The van der Waals surface area contributed by atoms with Crippen LogP contribution in [0.1, 0.15) is 6.92 Å². The van der Waals surface area contributed by atoms with Gasteiger partial charge in [-0.15, -0.1) is 0 Å². The van der Waals surface area contributed by atoms with Gasteiger partial charge in [0.1, 0.15) is 0 Å². The SMILES string of the molecule is CCOC(=O)[C@H]1CNC[C@H](OC)O1. The van der Waals surface area contributed by atoms with Gasteiger partial charge in [0.05, 0.1) is 6.61 Å². The van der Waals surface area contributed by atoms with Crippen LogP contribution in [-0.2, 0) is 19.0 Å². The highest BCUT2D eigenvalue weighted by molar-refractivity contribution is 5.75. The van der Waals surface area contributed by atoms with Crippen molar-refractivity contribution in [1.82, 2.24) is 5.32 Å². The van der Waals surface area contributed by atoms with Crippen LogP contribution < -0.4 is 5.32 Å². The van der Waals surface area contributed by atoms with Gasteiger partial charge in [-0.1, -0.05) is 0 Å². The lowest BCUT2D eigenvalue weighted by Gasteiger charge is -2.28. The molecule has 0 aromatic rings. The summed E-state index contributed by atoms with van der Waals surface area (Å²) in [5.41, 5.74) is 0. The maximum atomic E-state index is 11.2. The van der Waals surface area contributed by atoms with Crippen LogP contribution in [0.3, 0.4) is 0 Å². The molecule has 0 bridgehead atoms. The minimum absolute atomic E-state index is 0.336. The Morgan fingerprint density at radius 1 is 1.62 bits per heavy atom. The summed E-state index contributed by atoms with van der Waals surface area (Å²) in [6, 6.07) is 0. The molecule has 5 nitrogen and oxygen atoms in total. The number of carbonyl (C=O) groups excluding carboxylic acids is 1. The summed E-state index contributed by atoms with van der Waals surface area (Å²) < 4.78 is 15.1. The first kappa shape index (κ1) is 10.4. The number of hydrogen-bond acceptors (Lipinski definition) is 5. The highest BCUT2D eigenvalue weighted by Crippen LogP contribution is 2.05. The fourth-order valence-corrected chi connectivity index (χ4v) is 1.12. The second-order valence-electron chi connectivity index (χ2n) is 2.70. The van der Waals surface area contributed by atoms with Gasteiger partial charge in [0.15, 0.2) is 12.4 Å². The number of ether oxygens (including phenoxy) is 3. The lowest BCUT2D eigenvalue weighted by atomic mass is 10.3. The van der Waals surface area contributed by atoms with E-state index in [1.165, 1.54) is 0 Å². The van der Waals surface area contributed by atoms with Gasteiger partial charge in [-0.2, -0.15) is 0 Å². The molecule has 0 radical (unpaired) electrons. The predicted octanol–water partition coefficient (Wildman–Crippen LogP) is -0.490. The fraction of sp³-hybridized carbons (Fsp3) is 0.875. The molecule has 0 aromatic heterocycles. The van der Waals surface area contributed by atoms with E-state index in [1.807, 2.05) is 0 Å². The van der Waals surface area contributed by atoms with Crippen molar-refractivity contribution in [2.24, 2.45) is 0 Å². The minimum Gasteiger partial charge on any atom is -0.464 e. The number of esters is 1. The normalized spacial score (nSPS) is 28.5. The second-order valence-corrected chi connectivity index (χ2v) is 2.70. The average Bonchev–Trinajstić information content (AvgIpc) is 2.18. The molecule has 0 unspecified atom stereocenters. The van der Waals surface area contributed by atoms with E-state index in [9.17, 15) is 4.79 Å². The summed E-state index contributed by atoms with van der Waals surface area (Å²) >= 11 is 0. The lowest BCUT2D eigenvalue weighted by Crippen LogP contribution is -2.49. The average molecular weight is 189 g/mol. The smallest absolute Gasteiger partial charge is 0.336 e. The molecule has 1 rings (SSSR count). The molecular weight excluding hydrogens is 174 g/mol. The standard InChI is InChI=1S/C8H15NO4/c1-3-12-8(10)6-4-9-5-7(11-2)13-6/h6-7,9H,3-5H2,1-2H3/t6-,7-/m1/s1. The summed E-state index contributed by atoms with van der Waals surface area (Å²) in [7, 11) is 1.54. The first-order chi connectivity index (χ1) is 6.27. The van der Waals surface area contributed by atoms with Crippen molar-refractivity contribution in [3.8, 4) is 0 Å². The number of morpholine rings is 1. The third-order valence-electron chi connectivity index (χ3n) is 1.77.